The molecule has 0 saturated heterocycles. The van der Waals surface area contributed by atoms with Crippen molar-refractivity contribution in [3.05, 3.63) is 34.2 Å². The molecular formula is C14H19N3O5. The zero-order chi connectivity index (χ0) is 17.1. The number of carboxylic acids is 1. The predicted octanol–water partition coefficient (Wildman–Crippen LogP) is -0.663. The van der Waals surface area contributed by atoms with Crippen LogP contribution in [0.5, 0.6) is 0 Å². The molecule has 1 aromatic heterocycles. The Balaban J connectivity index is 3.12. The third kappa shape index (κ3) is 3.72. The predicted molar refractivity (Wildman–Crippen MR) is 78.1 cm³/mol. The van der Waals surface area contributed by atoms with Crippen molar-refractivity contribution in [2.24, 2.45) is 5.73 Å². The molecule has 4 N–H and O–H groups in total. The maximum atomic E-state index is 12.4. The van der Waals surface area contributed by atoms with E-state index in [1.54, 1.807) is 19.1 Å². The Kier molecular flexibility index (Phi) is 5.08. The lowest BCUT2D eigenvalue weighted by Gasteiger charge is -2.29. The Morgan fingerprint density at radius 3 is 2.41 bits per heavy atom. The van der Waals surface area contributed by atoms with Gasteiger partial charge in [0.25, 0.3) is 5.56 Å². The minimum absolute atomic E-state index is 0.387. The zero-order valence-electron chi connectivity index (χ0n) is 12.6. The van der Waals surface area contributed by atoms with Crippen molar-refractivity contribution in [2.45, 2.75) is 38.8 Å². The number of primary amides is 1. The van der Waals surface area contributed by atoms with Crippen LogP contribution >= 0.6 is 0 Å². The number of rotatable bonds is 6. The molecular weight excluding hydrogens is 290 g/mol. The number of carboxylic acid groups (broad SMARTS) is 1. The fourth-order valence-corrected chi connectivity index (χ4v) is 2.15. The molecule has 1 heterocycles. The van der Waals surface area contributed by atoms with Crippen LogP contribution in [0.25, 0.3) is 0 Å². The molecule has 22 heavy (non-hydrogen) atoms. The molecule has 0 aliphatic carbocycles. The highest BCUT2D eigenvalue weighted by molar-refractivity contribution is 5.90. The van der Waals surface area contributed by atoms with E-state index < -0.39 is 35.8 Å². The highest BCUT2D eigenvalue weighted by atomic mass is 16.4. The smallest absolute Gasteiger partial charge is 0.326 e. The number of aliphatic carboxylic acids is 1. The van der Waals surface area contributed by atoms with Gasteiger partial charge < -0.3 is 16.2 Å². The lowest BCUT2D eigenvalue weighted by Crippen LogP contribution is -2.54. The van der Waals surface area contributed by atoms with E-state index in [0.29, 0.717) is 5.69 Å². The number of aryl methyl sites for hydroxylation is 1. The van der Waals surface area contributed by atoms with Crippen LogP contribution < -0.4 is 16.6 Å². The van der Waals surface area contributed by atoms with Crippen LogP contribution in [0.1, 0.15) is 26.0 Å². The average molecular weight is 309 g/mol. The Bertz CT molecular complexity index is 663. The van der Waals surface area contributed by atoms with Crippen molar-refractivity contribution in [3.63, 3.8) is 0 Å². The molecule has 120 valence electrons. The van der Waals surface area contributed by atoms with Crippen molar-refractivity contribution in [1.29, 1.82) is 0 Å². The van der Waals surface area contributed by atoms with Crippen molar-refractivity contribution in [2.75, 3.05) is 0 Å². The molecule has 1 unspecified atom stereocenters. The molecule has 1 atom stereocenters. The molecule has 0 fully saturated rings. The number of carbonyl (C=O) groups is 3. The SMILES string of the molecule is Cc1cccc(=O)n1C(C)(C)C(=O)NC(CC(N)=O)C(=O)O. The fraction of sp³-hybridized carbons (Fsp3) is 0.429. The van der Waals surface area contributed by atoms with Gasteiger partial charge in [-0.15, -0.1) is 0 Å². The quantitative estimate of drug-likeness (QED) is 0.641. The van der Waals surface area contributed by atoms with Crippen LogP contribution in [-0.2, 0) is 19.9 Å². The number of hydrogen-bond acceptors (Lipinski definition) is 4. The standard InChI is InChI=1S/C14H19N3O5/c1-8-5-4-6-11(19)17(8)14(2,3)13(22)16-9(12(20)21)7-10(15)18/h4-6,9H,7H2,1-3H3,(H2,15,18)(H,16,22)(H,20,21). The van der Waals surface area contributed by atoms with E-state index in [1.807, 2.05) is 0 Å². The van der Waals surface area contributed by atoms with E-state index in [9.17, 15) is 19.2 Å². The van der Waals surface area contributed by atoms with E-state index >= 15 is 0 Å². The van der Waals surface area contributed by atoms with Gasteiger partial charge in [0.1, 0.15) is 11.6 Å². The molecule has 2 amide bonds. The second-order valence-electron chi connectivity index (χ2n) is 5.43. The van der Waals surface area contributed by atoms with Gasteiger partial charge >= 0.3 is 5.97 Å². The fourth-order valence-electron chi connectivity index (χ4n) is 2.15. The summed E-state index contributed by atoms with van der Waals surface area (Å²) in [5.74, 6) is -2.92. The van der Waals surface area contributed by atoms with Crippen LogP contribution in [0.2, 0.25) is 0 Å². The first kappa shape index (κ1) is 17.4. The summed E-state index contributed by atoms with van der Waals surface area (Å²) in [5.41, 5.74) is 3.80. The van der Waals surface area contributed by atoms with Crippen molar-refractivity contribution >= 4 is 17.8 Å². The minimum Gasteiger partial charge on any atom is -0.480 e. The van der Waals surface area contributed by atoms with Gasteiger partial charge in [-0.05, 0) is 26.8 Å². The number of aromatic nitrogens is 1. The molecule has 0 saturated carbocycles. The summed E-state index contributed by atoms with van der Waals surface area (Å²) in [5, 5.41) is 11.3. The molecule has 0 radical (unpaired) electrons. The summed E-state index contributed by atoms with van der Waals surface area (Å²) in [6.45, 7) is 4.63. The number of hydrogen-bond donors (Lipinski definition) is 3. The summed E-state index contributed by atoms with van der Waals surface area (Å²) >= 11 is 0. The lowest BCUT2D eigenvalue weighted by molar-refractivity contribution is -0.144. The molecule has 0 aliphatic heterocycles. The first-order valence-corrected chi connectivity index (χ1v) is 6.58. The second-order valence-corrected chi connectivity index (χ2v) is 5.43. The van der Waals surface area contributed by atoms with Gasteiger partial charge in [-0.1, -0.05) is 6.07 Å². The van der Waals surface area contributed by atoms with Gasteiger partial charge in [-0.25, -0.2) is 4.79 Å². The topological polar surface area (TPSA) is 131 Å². The zero-order valence-corrected chi connectivity index (χ0v) is 12.6. The average Bonchev–Trinajstić information content (AvgIpc) is 2.36. The largest absolute Gasteiger partial charge is 0.480 e. The van der Waals surface area contributed by atoms with Gasteiger partial charge in [0, 0.05) is 11.8 Å². The van der Waals surface area contributed by atoms with E-state index in [1.165, 1.54) is 24.5 Å². The van der Waals surface area contributed by atoms with Gasteiger partial charge in [0.15, 0.2) is 0 Å². The van der Waals surface area contributed by atoms with Gasteiger partial charge in [-0.2, -0.15) is 0 Å². The van der Waals surface area contributed by atoms with Crippen molar-refractivity contribution in [3.8, 4) is 0 Å². The van der Waals surface area contributed by atoms with Crippen LogP contribution in [0.15, 0.2) is 23.0 Å². The first-order chi connectivity index (χ1) is 10.1. The van der Waals surface area contributed by atoms with Gasteiger partial charge in [0.05, 0.1) is 6.42 Å². The van der Waals surface area contributed by atoms with Gasteiger partial charge in [0.2, 0.25) is 11.8 Å². The minimum atomic E-state index is -1.44. The number of nitrogens with zero attached hydrogens (tertiary/aromatic N) is 1. The second kappa shape index (κ2) is 6.42. The van der Waals surface area contributed by atoms with Crippen molar-refractivity contribution < 1.29 is 19.5 Å². The van der Waals surface area contributed by atoms with E-state index in [-0.39, 0.29) is 5.56 Å². The number of pyridine rings is 1. The Morgan fingerprint density at radius 1 is 1.36 bits per heavy atom. The van der Waals surface area contributed by atoms with Crippen LogP contribution in [0.4, 0.5) is 0 Å². The van der Waals surface area contributed by atoms with E-state index in [2.05, 4.69) is 5.32 Å². The molecule has 8 heteroatoms. The third-order valence-electron chi connectivity index (χ3n) is 3.27. The molecule has 1 rings (SSSR count). The molecule has 0 aromatic carbocycles. The highest BCUT2D eigenvalue weighted by Gasteiger charge is 2.34. The van der Waals surface area contributed by atoms with E-state index in [4.69, 9.17) is 10.8 Å². The summed E-state index contributed by atoms with van der Waals surface area (Å²) in [7, 11) is 0. The number of carbonyl (C=O) groups excluding carboxylic acids is 2. The Hall–Kier alpha value is -2.64. The Labute approximate surface area is 126 Å². The number of nitrogens with one attached hydrogen (secondary N) is 1. The summed E-state index contributed by atoms with van der Waals surface area (Å²) in [4.78, 5) is 46.3. The third-order valence-corrected chi connectivity index (χ3v) is 3.27. The molecule has 0 bridgehead atoms. The summed E-state index contributed by atoms with van der Waals surface area (Å²) in [6, 6.07) is 3.09. The first-order valence-electron chi connectivity index (χ1n) is 6.58. The lowest BCUT2D eigenvalue weighted by atomic mass is 10.0. The Morgan fingerprint density at radius 2 is 1.95 bits per heavy atom. The van der Waals surface area contributed by atoms with E-state index in [0.717, 1.165) is 0 Å². The monoisotopic (exact) mass is 309 g/mol. The molecule has 0 aliphatic rings. The molecule has 8 nitrogen and oxygen atoms in total. The highest BCUT2D eigenvalue weighted by Crippen LogP contribution is 2.16. The number of amides is 2. The van der Waals surface area contributed by atoms with Crippen LogP contribution in [-0.4, -0.2) is 33.5 Å². The summed E-state index contributed by atoms with van der Waals surface area (Å²) < 4.78 is 1.26. The molecule has 1 aromatic rings. The normalized spacial score (nSPS) is 12.5. The maximum absolute atomic E-state index is 12.4. The molecule has 0 spiro atoms. The van der Waals surface area contributed by atoms with Crippen LogP contribution in [0.3, 0.4) is 0 Å². The van der Waals surface area contributed by atoms with Gasteiger partial charge in [-0.3, -0.25) is 19.0 Å². The maximum Gasteiger partial charge on any atom is 0.326 e. The van der Waals surface area contributed by atoms with Crippen LogP contribution in [0, 0.1) is 6.92 Å². The summed E-state index contributed by atoms with van der Waals surface area (Å²) in [6.07, 6.45) is -0.528. The number of nitrogens with two attached hydrogens (primary N) is 1. The van der Waals surface area contributed by atoms with Crippen molar-refractivity contribution in [1.82, 2.24) is 9.88 Å².